The third-order valence-corrected chi connectivity index (χ3v) is 7.50. The van der Waals surface area contributed by atoms with Crippen molar-refractivity contribution in [2.24, 2.45) is 5.92 Å². The maximum atomic E-state index is 13.1. The molecule has 1 atom stereocenters. The van der Waals surface area contributed by atoms with Gasteiger partial charge in [-0.25, -0.2) is 0 Å². The van der Waals surface area contributed by atoms with Gasteiger partial charge in [0.15, 0.2) is 5.76 Å². The van der Waals surface area contributed by atoms with Crippen molar-refractivity contribution >= 4 is 17.7 Å². The van der Waals surface area contributed by atoms with Crippen LogP contribution in [0.5, 0.6) is 5.75 Å². The monoisotopic (exact) mass is 529 g/mol. The lowest BCUT2D eigenvalue weighted by molar-refractivity contribution is -0.136. The fourth-order valence-corrected chi connectivity index (χ4v) is 5.35. The summed E-state index contributed by atoms with van der Waals surface area (Å²) in [5.41, 5.74) is 3.35. The van der Waals surface area contributed by atoms with Crippen molar-refractivity contribution < 1.29 is 23.5 Å². The second-order valence-corrected chi connectivity index (χ2v) is 10.5. The molecule has 204 valence electrons. The van der Waals surface area contributed by atoms with E-state index in [4.69, 9.17) is 9.15 Å². The van der Waals surface area contributed by atoms with Crippen LogP contribution < -0.4 is 4.74 Å². The first-order valence-electron chi connectivity index (χ1n) is 13.6. The van der Waals surface area contributed by atoms with Crippen LogP contribution in [-0.2, 0) is 22.6 Å². The van der Waals surface area contributed by atoms with Gasteiger partial charge in [-0.2, -0.15) is 0 Å². The van der Waals surface area contributed by atoms with Crippen LogP contribution in [0.2, 0.25) is 0 Å². The molecule has 1 saturated heterocycles. The zero-order chi connectivity index (χ0) is 27.5. The van der Waals surface area contributed by atoms with Crippen molar-refractivity contribution in [1.82, 2.24) is 14.7 Å². The second kappa shape index (κ2) is 11.4. The minimum absolute atomic E-state index is 0.0241. The zero-order valence-corrected chi connectivity index (χ0v) is 22.8. The van der Waals surface area contributed by atoms with Crippen molar-refractivity contribution in [3.63, 3.8) is 0 Å². The number of carbonyl (C=O) groups excluding carboxylic acids is 3. The number of rotatable bonds is 6. The van der Waals surface area contributed by atoms with E-state index in [1.54, 1.807) is 28.9 Å². The summed E-state index contributed by atoms with van der Waals surface area (Å²) in [6.07, 6.45) is 0.793. The van der Waals surface area contributed by atoms with Crippen molar-refractivity contribution in [3.8, 4) is 5.75 Å². The molecule has 1 aromatic heterocycles. The standard InChI is InChI=1S/C31H35N3O5/c1-21(2)30(36)34-14-13-23-9-10-25(19-27(23)29(34)24-7-5-4-6-8-24)38-20-26-11-12-28(39-26)31(37)33-17-15-32(16-18-33)22(3)35/h4-12,19,21,29H,13-18,20H2,1-3H3/t29-/m0/s1. The van der Waals surface area contributed by atoms with E-state index in [0.717, 1.165) is 17.5 Å². The van der Waals surface area contributed by atoms with Crippen LogP contribution in [0.4, 0.5) is 0 Å². The van der Waals surface area contributed by atoms with Crippen LogP contribution in [0.1, 0.15) is 59.8 Å². The highest BCUT2D eigenvalue weighted by molar-refractivity contribution is 5.91. The third-order valence-electron chi connectivity index (χ3n) is 7.50. The lowest BCUT2D eigenvalue weighted by atomic mass is 9.87. The number of furan rings is 1. The maximum Gasteiger partial charge on any atom is 0.289 e. The Morgan fingerprint density at radius 1 is 0.923 bits per heavy atom. The topological polar surface area (TPSA) is 83.3 Å². The molecule has 3 heterocycles. The summed E-state index contributed by atoms with van der Waals surface area (Å²) >= 11 is 0. The second-order valence-electron chi connectivity index (χ2n) is 10.5. The van der Waals surface area contributed by atoms with Crippen LogP contribution in [-0.4, -0.2) is 65.1 Å². The molecule has 2 aliphatic heterocycles. The predicted octanol–water partition coefficient (Wildman–Crippen LogP) is 4.29. The van der Waals surface area contributed by atoms with Crippen LogP contribution in [0, 0.1) is 5.92 Å². The number of nitrogens with zero attached hydrogens (tertiary/aromatic N) is 3. The molecule has 8 heteroatoms. The van der Waals surface area contributed by atoms with E-state index in [0.29, 0.717) is 44.2 Å². The number of hydrogen-bond donors (Lipinski definition) is 0. The normalized spacial score (nSPS) is 17.2. The summed E-state index contributed by atoms with van der Waals surface area (Å²) in [5, 5.41) is 0. The van der Waals surface area contributed by atoms with E-state index < -0.39 is 0 Å². The third kappa shape index (κ3) is 5.70. The Morgan fingerprint density at radius 2 is 1.64 bits per heavy atom. The van der Waals surface area contributed by atoms with E-state index in [2.05, 4.69) is 18.2 Å². The van der Waals surface area contributed by atoms with Gasteiger partial charge in [0.2, 0.25) is 11.8 Å². The number of piperazine rings is 1. The lowest BCUT2D eigenvalue weighted by Gasteiger charge is -2.39. The highest BCUT2D eigenvalue weighted by atomic mass is 16.5. The Bertz CT molecular complexity index is 1340. The molecule has 0 N–H and O–H groups in total. The van der Waals surface area contributed by atoms with Gasteiger partial charge in [-0.05, 0) is 47.4 Å². The smallest absolute Gasteiger partial charge is 0.289 e. The van der Waals surface area contributed by atoms with E-state index in [1.165, 1.54) is 5.56 Å². The maximum absolute atomic E-state index is 13.1. The van der Waals surface area contributed by atoms with Crippen LogP contribution in [0.15, 0.2) is 65.1 Å². The van der Waals surface area contributed by atoms with Crippen molar-refractivity contribution in [3.05, 3.63) is 88.9 Å². The Hall–Kier alpha value is -4.07. The molecular weight excluding hydrogens is 494 g/mol. The Labute approximate surface area is 229 Å². The molecule has 39 heavy (non-hydrogen) atoms. The Balaban J connectivity index is 1.29. The molecule has 3 amide bonds. The van der Waals surface area contributed by atoms with Gasteiger partial charge in [-0.15, -0.1) is 0 Å². The summed E-state index contributed by atoms with van der Waals surface area (Å²) in [4.78, 5) is 43.0. The largest absolute Gasteiger partial charge is 0.486 e. The molecule has 1 fully saturated rings. The molecule has 5 rings (SSSR count). The number of carbonyl (C=O) groups is 3. The lowest BCUT2D eigenvalue weighted by Crippen LogP contribution is -2.50. The minimum atomic E-state index is -0.182. The molecule has 0 bridgehead atoms. The molecule has 2 aromatic carbocycles. The Kier molecular flexibility index (Phi) is 7.72. The summed E-state index contributed by atoms with van der Waals surface area (Å²) in [6, 6.07) is 19.4. The number of fused-ring (bicyclic) bond motifs is 1. The first-order chi connectivity index (χ1) is 18.8. The van der Waals surface area contributed by atoms with Gasteiger partial charge in [-0.3, -0.25) is 14.4 Å². The average Bonchev–Trinajstić information content (AvgIpc) is 3.44. The highest BCUT2D eigenvalue weighted by Crippen LogP contribution is 2.38. The van der Waals surface area contributed by atoms with Crippen molar-refractivity contribution in [2.75, 3.05) is 32.7 Å². The SMILES string of the molecule is CC(=O)N1CCN(C(=O)c2ccc(COc3ccc4c(c3)[C@H](c3ccccc3)N(C(=O)C(C)C)CC4)o2)CC1. The summed E-state index contributed by atoms with van der Waals surface area (Å²) < 4.78 is 11.9. The molecule has 0 unspecified atom stereocenters. The van der Waals surface area contributed by atoms with Crippen LogP contribution in [0.3, 0.4) is 0 Å². The molecule has 8 nitrogen and oxygen atoms in total. The van der Waals surface area contributed by atoms with Crippen LogP contribution in [0.25, 0.3) is 0 Å². The molecule has 3 aromatic rings. The first-order valence-corrected chi connectivity index (χ1v) is 13.6. The van der Waals surface area contributed by atoms with E-state index in [9.17, 15) is 14.4 Å². The van der Waals surface area contributed by atoms with Gasteiger partial charge in [-0.1, -0.05) is 50.2 Å². The quantitative estimate of drug-likeness (QED) is 0.476. The van der Waals surface area contributed by atoms with E-state index in [-0.39, 0.29) is 42.0 Å². The van der Waals surface area contributed by atoms with Gasteiger partial charge in [0.05, 0.1) is 6.04 Å². The van der Waals surface area contributed by atoms with Gasteiger partial charge in [0.1, 0.15) is 18.1 Å². The fraction of sp³-hybridized carbons (Fsp3) is 0.387. The van der Waals surface area contributed by atoms with Gasteiger partial charge >= 0.3 is 0 Å². The van der Waals surface area contributed by atoms with Crippen molar-refractivity contribution in [2.45, 2.75) is 39.8 Å². The average molecular weight is 530 g/mol. The molecule has 0 saturated carbocycles. The molecule has 0 aliphatic carbocycles. The molecule has 2 aliphatic rings. The number of hydrogen-bond acceptors (Lipinski definition) is 5. The summed E-state index contributed by atoms with van der Waals surface area (Å²) in [7, 11) is 0. The zero-order valence-electron chi connectivity index (χ0n) is 22.8. The number of benzene rings is 2. The highest BCUT2D eigenvalue weighted by Gasteiger charge is 2.33. The Morgan fingerprint density at radius 3 is 2.33 bits per heavy atom. The van der Waals surface area contributed by atoms with E-state index in [1.807, 2.05) is 49.1 Å². The van der Waals surface area contributed by atoms with Crippen molar-refractivity contribution in [1.29, 1.82) is 0 Å². The van der Waals surface area contributed by atoms with Gasteiger partial charge < -0.3 is 23.9 Å². The summed E-state index contributed by atoms with van der Waals surface area (Å²) in [6.45, 7) is 8.30. The predicted molar refractivity (Wildman–Crippen MR) is 146 cm³/mol. The van der Waals surface area contributed by atoms with Gasteiger partial charge in [0, 0.05) is 45.6 Å². The number of ether oxygens (including phenoxy) is 1. The molecule has 0 spiro atoms. The van der Waals surface area contributed by atoms with Gasteiger partial charge in [0.25, 0.3) is 5.91 Å². The summed E-state index contributed by atoms with van der Waals surface area (Å²) in [5.74, 6) is 1.38. The molecule has 0 radical (unpaired) electrons. The van der Waals surface area contributed by atoms with Crippen LogP contribution >= 0.6 is 0 Å². The number of amides is 3. The fourth-order valence-electron chi connectivity index (χ4n) is 5.35. The molecular formula is C31H35N3O5. The minimum Gasteiger partial charge on any atom is -0.486 e. The van der Waals surface area contributed by atoms with E-state index >= 15 is 0 Å². The first kappa shape index (κ1) is 26.5.